The zero-order chi connectivity index (χ0) is 14.8. The minimum absolute atomic E-state index is 0.0113. The number of carbonyl (C=O) groups excluding carboxylic acids is 1. The number of nitrogens with two attached hydrogens (primary N) is 1. The first-order chi connectivity index (χ1) is 9.40. The van der Waals surface area contributed by atoms with E-state index in [1.807, 2.05) is 0 Å². The average molecular weight is 361 g/mol. The second-order valence-electron chi connectivity index (χ2n) is 4.88. The zero-order valence-corrected chi connectivity index (χ0v) is 13.4. The molecule has 1 saturated heterocycles. The molecule has 7 heteroatoms. The van der Waals surface area contributed by atoms with Gasteiger partial charge >= 0.3 is 0 Å². The first kappa shape index (κ1) is 15.3. The van der Waals surface area contributed by atoms with Gasteiger partial charge in [0.25, 0.3) is 0 Å². The molecule has 0 saturated carbocycles. The Morgan fingerprint density at radius 2 is 1.90 bits per heavy atom. The minimum Gasteiger partial charge on any atom is -0.398 e. The van der Waals surface area contributed by atoms with E-state index in [-0.39, 0.29) is 16.5 Å². The molecular weight excluding hydrogens is 344 g/mol. The van der Waals surface area contributed by atoms with Crippen molar-refractivity contribution in [1.82, 2.24) is 4.90 Å². The molecular formula is C13H17BrN2O3S. The van der Waals surface area contributed by atoms with Crippen molar-refractivity contribution in [1.29, 1.82) is 0 Å². The molecule has 1 aliphatic heterocycles. The van der Waals surface area contributed by atoms with Crippen molar-refractivity contribution in [3.8, 4) is 0 Å². The third-order valence-corrected chi connectivity index (χ3v) is 5.48. The maximum absolute atomic E-state index is 12.3. The minimum atomic E-state index is -3.71. The number of hydrogen-bond donors (Lipinski definition) is 1. The van der Waals surface area contributed by atoms with Crippen molar-refractivity contribution in [3.05, 3.63) is 22.7 Å². The van der Waals surface area contributed by atoms with Crippen LogP contribution in [0.15, 0.2) is 27.6 Å². The largest absolute Gasteiger partial charge is 0.398 e. The van der Waals surface area contributed by atoms with Crippen LogP contribution in [0.1, 0.15) is 19.3 Å². The highest BCUT2D eigenvalue weighted by Gasteiger charge is 2.26. The van der Waals surface area contributed by atoms with Crippen molar-refractivity contribution in [2.45, 2.75) is 24.2 Å². The Bertz CT molecular complexity index is 610. The Morgan fingerprint density at radius 1 is 1.25 bits per heavy atom. The fourth-order valence-electron chi connectivity index (χ4n) is 2.25. The average Bonchev–Trinajstić information content (AvgIpc) is 2.42. The lowest BCUT2D eigenvalue weighted by Gasteiger charge is -2.26. The number of likely N-dealkylation sites (tertiary alicyclic amines) is 1. The van der Waals surface area contributed by atoms with Gasteiger partial charge in [0.2, 0.25) is 5.91 Å². The van der Waals surface area contributed by atoms with E-state index in [2.05, 4.69) is 15.9 Å². The maximum Gasteiger partial charge on any atom is 0.238 e. The molecule has 20 heavy (non-hydrogen) atoms. The van der Waals surface area contributed by atoms with Gasteiger partial charge in [-0.1, -0.05) is 15.9 Å². The number of piperidine rings is 1. The molecule has 2 rings (SSSR count). The van der Waals surface area contributed by atoms with E-state index in [0.29, 0.717) is 17.6 Å². The number of carbonyl (C=O) groups is 1. The predicted octanol–water partition coefficient (Wildman–Crippen LogP) is 1.82. The van der Waals surface area contributed by atoms with Crippen molar-refractivity contribution in [3.63, 3.8) is 0 Å². The van der Waals surface area contributed by atoms with Crippen molar-refractivity contribution in [2.75, 3.05) is 24.6 Å². The van der Waals surface area contributed by atoms with Crippen LogP contribution < -0.4 is 5.73 Å². The Labute approximate surface area is 127 Å². The van der Waals surface area contributed by atoms with Crippen LogP contribution in [0.2, 0.25) is 0 Å². The van der Waals surface area contributed by atoms with E-state index in [1.54, 1.807) is 11.0 Å². The van der Waals surface area contributed by atoms with Crippen LogP contribution in [0.25, 0.3) is 0 Å². The molecule has 0 unspecified atom stereocenters. The Hall–Kier alpha value is -1.08. The monoisotopic (exact) mass is 360 g/mol. The van der Waals surface area contributed by atoms with Gasteiger partial charge in [-0.25, -0.2) is 8.42 Å². The van der Waals surface area contributed by atoms with E-state index >= 15 is 0 Å². The van der Waals surface area contributed by atoms with Gasteiger partial charge in [0.15, 0.2) is 9.84 Å². The highest BCUT2D eigenvalue weighted by Crippen LogP contribution is 2.24. The fraction of sp³-hybridized carbons (Fsp3) is 0.462. The zero-order valence-electron chi connectivity index (χ0n) is 11.0. The Balaban J connectivity index is 2.18. The molecule has 0 radical (unpaired) electrons. The second-order valence-corrected chi connectivity index (χ2v) is 7.76. The maximum atomic E-state index is 12.3. The lowest BCUT2D eigenvalue weighted by Crippen LogP contribution is -2.39. The fourth-order valence-corrected chi connectivity index (χ4v) is 4.16. The third-order valence-electron chi connectivity index (χ3n) is 3.33. The molecule has 0 aromatic heterocycles. The van der Waals surface area contributed by atoms with Crippen LogP contribution in [0.3, 0.4) is 0 Å². The molecule has 1 aliphatic rings. The second kappa shape index (κ2) is 6.13. The first-order valence-electron chi connectivity index (χ1n) is 6.46. The van der Waals surface area contributed by atoms with Gasteiger partial charge in [0, 0.05) is 17.6 Å². The molecule has 1 fully saturated rings. The van der Waals surface area contributed by atoms with Gasteiger partial charge in [0.05, 0.1) is 10.6 Å². The number of halogens is 1. The number of amides is 1. The molecule has 0 spiro atoms. The van der Waals surface area contributed by atoms with E-state index in [0.717, 1.165) is 19.3 Å². The smallest absolute Gasteiger partial charge is 0.238 e. The van der Waals surface area contributed by atoms with Crippen LogP contribution in [-0.2, 0) is 14.6 Å². The van der Waals surface area contributed by atoms with Gasteiger partial charge < -0.3 is 10.6 Å². The summed E-state index contributed by atoms with van der Waals surface area (Å²) in [6.07, 6.45) is 2.96. The van der Waals surface area contributed by atoms with Gasteiger partial charge in [0.1, 0.15) is 5.75 Å². The summed E-state index contributed by atoms with van der Waals surface area (Å²) in [7, 11) is -3.71. The molecule has 1 aromatic carbocycles. The SMILES string of the molecule is Nc1ccc(Br)cc1S(=O)(=O)CC(=O)N1CCCCC1. The number of sulfone groups is 1. The number of nitrogens with zero attached hydrogens (tertiary/aromatic N) is 1. The Kier molecular flexibility index (Phi) is 4.70. The van der Waals surface area contributed by atoms with Crippen LogP contribution in [0.5, 0.6) is 0 Å². The van der Waals surface area contributed by atoms with Gasteiger partial charge in [-0.3, -0.25) is 4.79 Å². The van der Waals surface area contributed by atoms with Crippen molar-refractivity contribution >= 4 is 37.4 Å². The standard InChI is InChI=1S/C13H17BrN2O3S/c14-10-4-5-11(15)12(8-10)20(18,19)9-13(17)16-6-2-1-3-7-16/h4-5,8H,1-3,6-7,9,15H2. The van der Waals surface area contributed by atoms with E-state index in [4.69, 9.17) is 5.73 Å². The van der Waals surface area contributed by atoms with Crippen LogP contribution in [0, 0.1) is 0 Å². The topological polar surface area (TPSA) is 80.5 Å². The van der Waals surface area contributed by atoms with Gasteiger partial charge in [-0.05, 0) is 37.5 Å². The molecule has 0 atom stereocenters. The normalized spacial score (nSPS) is 16.1. The molecule has 2 N–H and O–H groups in total. The summed E-state index contributed by atoms with van der Waals surface area (Å²) >= 11 is 3.22. The summed E-state index contributed by atoms with van der Waals surface area (Å²) in [5, 5.41) is 0. The number of benzene rings is 1. The molecule has 0 bridgehead atoms. The van der Waals surface area contributed by atoms with E-state index in [9.17, 15) is 13.2 Å². The number of rotatable bonds is 3. The van der Waals surface area contributed by atoms with Crippen LogP contribution in [0.4, 0.5) is 5.69 Å². The highest BCUT2D eigenvalue weighted by molar-refractivity contribution is 9.10. The summed E-state index contributed by atoms with van der Waals surface area (Å²) in [4.78, 5) is 13.7. The molecule has 1 aromatic rings. The molecule has 0 aliphatic carbocycles. The molecule has 110 valence electrons. The number of hydrogen-bond acceptors (Lipinski definition) is 4. The summed E-state index contributed by atoms with van der Waals surface area (Å²) in [6, 6.07) is 4.62. The van der Waals surface area contributed by atoms with E-state index < -0.39 is 15.6 Å². The molecule has 5 nitrogen and oxygen atoms in total. The lowest BCUT2D eigenvalue weighted by atomic mass is 10.1. The summed E-state index contributed by atoms with van der Waals surface area (Å²) in [5.74, 6) is -0.864. The molecule has 1 heterocycles. The quantitative estimate of drug-likeness (QED) is 0.833. The predicted molar refractivity (Wildman–Crippen MR) is 81.0 cm³/mol. The van der Waals surface area contributed by atoms with E-state index in [1.165, 1.54) is 12.1 Å². The number of anilines is 1. The highest BCUT2D eigenvalue weighted by atomic mass is 79.9. The third kappa shape index (κ3) is 3.52. The number of nitrogen functional groups attached to an aromatic ring is 1. The summed E-state index contributed by atoms with van der Waals surface area (Å²) in [5.41, 5.74) is 5.87. The van der Waals surface area contributed by atoms with Gasteiger partial charge in [-0.2, -0.15) is 0 Å². The summed E-state index contributed by atoms with van der Waals surface area (Å²) in [6.45, 7) is 1.28. The van der Waals surface area contributed by atoms with Crippen LogP contribution >= 0.6 is 15.9 Å². The lowest BCUT2D eigenvalue weighted by molar-refractivity contribution is -0.129. The first-order valence-corrected chi connectivity index (χ1v) is 8.90. The van der Waals surface area contributed by atoms with Gasteiger partial charge in [-0.15, -0.1) is 0 Å². The Morgan fingerprint density at radius 3 is 2.55 bits per heavy atom. The van der Waals surface area contributed by atoms with Crippen molar-refractivity contribution < 1.29 is 13.2 Å². The van der Waals surface area contributed by atoms with Crippen molar-refractivity contribution in [2.24, 2.45) is 0 Å². The van der Waals surface area contributed by atoms with Crippen LogP contribution in [-0.4, -0.2) is 38.1 Å². The summed E-state index contributed by atoms with van der Waals surface area (Å²) < 4.78 is 25.2. The molecule has 1 amide bonds.